The van der Waals surface area contributed by atoms with Crippen molar-refractivity contribution in [1.82, 2.24) is 9.97 Å². The third kappa shape index (κ3) is 3.81. The lowest BCUT2D eigenvalue weighted by atomic mass is 10.3. The van der Waals surface area contributed by atoms with Crippen LogP contribution in [-0.4, -0.2) is 41.8 Å². The Kier molecular flexibility index (Phi) is 6.21. The van der Waals surface area contributed by atoms with Gasteiger partial charge in [0.25, 0.3) is 0 Å². The van der Waals surface area contributed by atoms with Crippen LogP contribution in [0.5, 0.6) is 0 Å². The average molecular weight is 303 g/mol. The molecule has 0 saturated heterocycles. The number of hydrogen-bond donors (Lipinski definition) is 2. The predicted octanol–water partition coefficient (Wildman–Crippen LogP) is 1.88. The van der Waals surface area contributed by atoms with Crippen molar-refractivity contribution in [3.63, 3.8) is 0 Å². The highest BCUT2D eigenvalue weighted by Crippen LogP contribution is 2.29. The number of aromatic nitrogens is 2. The van der Waals surface area contributed by atoms with Gasteiger partial charge >= 0.3 is 0 Å². The van der Waals surface area contributed by atoms with Gasteiger partial charge in [0.2, 0.25) is 0 Å². The monoisotopic (exact) mass is 302 g/mol. The summed E-state index contributed by atoms with van der Waals surface area (Å²) >= 11 is 3.49. The van der Waals surface area contributed by atoms with Crippen molar-refractivity contribution in [2.45, 2.75) is 19.8 Å². The highest BCUT2D eigenvalue weighted by Gasteiger charge is 2.14. The van der Waals surface area contributed by atoms with Crippen LogP contribution < -0.4 is 10.2 Å². The average Bonchev–Trinajstić information content (AvgIpc) is 2.35. The Morgan fingerprint density at radius 2 is 2.18 bits per heavy atom. The SMILES string of the molecule is CCCCN(CCO)c1ncnc(NC)c1Br. The Hall–Kier alpha value is -0.880. The third-order valence-electron chi connectivity index (χ3n) is 2.46. The van der Waals surface area contributed by atoms with Crippen molar-refractivity contribution in [3.8, 4) is 0 Å². The van der Waals surface area contributed by atoms with E-state index in [9.17, 15) is 0 Å². The third-order valence-corrected chi connectivity index (χ3v) is 3.19. The summed E-state index contributed by atoms with van der Waals surface area (Å²) in [5.74, 6) is 1.58. The zero-order valence-corrected chi connectivity index (χ0v) is 11.9. The van der Waals surface area contributed by atoms with Gasteiger partial charge in [-0.25, -0.2) is 9.97 Å². The number of nitrogens with zero attached hydrogens (tertiary/aromatic N) is 3. The molecule has 1 rings (SSSR count). The molecular weight excluding hydrogens is 284 g/mol. The summed E-state index contributed by atoms with van der Waals surface area (Å²) < 4.78 is 0.840. The maximum atomic E-state index is 9.10. The number of aliphatic hydroxyl groups is 1. The first kappa shape index (κ1) is 14.2. The van der Waals surface area contributed by atoms with E-state index in [-0.39, 0.29) is 6.61 Å². The fourth-order valence-corrected chi connectivity index (χ4v) is 2.20. The molecule has 6 heteroatoms. The van der Waals surface area contributed by atoms with Crippen LogP contribution in [0.4, 0.5) is 11.6 Å². The Morgan fingerprint density at radius 1 is 1.41 bits per heavy atom. The van der Waals surface area contributed by atoms with Crippen LogP contribution >= 0.6 is 15.9 Å². The molecule has 17 heavy (non-hydrogen) atoms. The molecule has 0 spiro atoms. The maximum Gasteiger partial charge on any atom is 0.148 e. The molecule has 1 heterocycles. The number of unbranched alkanes of at least 4 members (excludes halogenated alkanes) is 1. The molecule has 0 aromatic carbocycles. The number of anilines is 2. The molecular formula is C11H19BrN4O. The quantitative estimate of drug-likeness (QED) is 0.805. The number of aliphatic hydroxyl groups excluding tert-OH is 1. The maximum absolute atomic E-state index is 9.10. The molecule has 0 bridgehead atoms. The molecule has 1 aromatic rings. The van der Waals surface area contributed by atoms with Gasteiger partial charge in [-0.15, -0.1) is 0 Å². The van der Waals surface area contributed by atoms with Crippen LogP contribution in [0.3, 0.4) is 0 Å². The van der Waals surface area contributed by atoms with Gasteiger partial charge in [0, 0.05) is 20.1 Å². The van der Waals surface area contributed by atoms with E-state index in [1.54, 1.807) is 0 Å². The summed E-state index contributed by atoms with van der Waals surface area (Å²) in [6.07, 6.45) is 3.72. The highest BCUT2D eigenvalue weighted by atomic mass is 79.9. The molecule has 0 unspecified atom stereocenters. The lowest BCUT2D eigenvalue weighted by Crippen LogP contribution is -2.29. The minimum absolute atomic E-state index is 0.120. The minimum Gasteiger partial charge on any atom is -0.395 e. The largest absolute Gasteiger partial charge is 0.395 e. The topological polar surface area (TPSA) is 61.3 Å². The summed E-state index contributed by atoms with van der Waals surface area (Å²) in [5, 5.41) is 12.1. The van der Waals surface area contributed by atoms with E-state index in [4.69, 9.17) is 5.11 Å². The Labute approximate surface area is 110 Å². The first-order valence-electron chi connectivity index (χ1n) is 5.78. The van der Waals surface area contributed by atoms with Gasteiger partial charge in [-0.2, -0.15) is 0 Å². The van der Waals surface area contributed by atoms with Crippen molar-refractivity contribution in [1.29, 1.82) is 0 Å². The molecule has 0 fully saturated rings. The molecule has 0 saturated carbocycles. The standard InChI is InChI=1S/C11H19BrN4O/c1-3-4-5-16(6-7-17)11-9(12)10(13-2)14-8-15-11/h8,17H,3-7H2,1-2H3,(H,13,14,15). The summed E-state index contributed by atoms with van der Waals surface area (Å²) in [6, 6.07) is 0. The fraction of sp³-hybridized carbons (Fsp3) is 0.636. The van der Waals surface area contributed by atoms with Crippen LogP contribution in [0.2, 0.25) is 0 Å². The Balaban J connectivity index is 2.92. The summed E-state index contributed by atoms with van der Waals surface area (Å²) in [5.41, 5.74) is 0. The first-order valence-corrected chi connectivity index (χ1v) is 6.57. The first-order chi connectivity index (χ1) is 8.24. The molecule has 5 nitrogen and oxygen atoms in total. The van der Waals surface area contributed by atoms with Gasteiger partial charge in [-0.05, 0) is 22.4 Å². The van der Waals surface area contributed by atoms with Crippen molar-refractivity contribution in [3.05, 3.63) is 10.8 Å². The van der Waals surface area contributed by atoms with E-state index in [1.807, 2.05) is 7.05 Å². The zero-order chi connectivity index (χ0) is 12.7. The molecule has 0 aliphatic carbocycles. The number of hydrogen-bond acceptors (Lipinski definition) is 5. The molecule has 0 aliphatic rings. The smallest absolute Gasteiger partial charge is 0.148 e. The number of rotatable bonds is 7. The van der Waals surface area contributed by atoms with Crippen LogP contribution in [0, 0.1) is 0 Å². The molecule has 96 valence electrons. The second kappa shape index (κ2) is 7.45. The molecule has 0 atom stereocenters. The highest BCUT2D eigenvalue weighted by molar-refractivity contribution is 9.10. The van der Waals surface area contributed by atoms with Gasteiger partial charge in [-0.1, -0.05) is 13.3 Å². The van der Waals surface area contributed by atoms with Gasteiger partial charge < -0.3 is 15.3 Å². The normalized spacial score (nSPS) is 10.4. The zero-order valence-electron chi connectivity index (χ0n) is 10.3. The lowest BCUT2D eigenvalue weighted by molar-refractivity contribution is 0.301. The molecule has 0 aliphatic heterocycles. The van der Waals surface area contributed by atoms with Gasteiger partial charge in [0.15, 0.2) is 0 Å². The van der Waals surface area contributed by atoms with E-state index in [2.05, 4.69) is 43.0 Å². The minimum atomic E-state index is 0.120. The van der Waals surface area contributed by atoms with Crippen LogP contribution in [0.15, 0.2) is 10.8 Å². The van der Waals surface area contributed by atoms with Crippen LogP contribution in [0.25, 0.3) is 0 Å². The van der Waals surface area contributed by atoms with Crippen molar-refractivity contribution >= 4 is 27.6 Å². The van der Waals surface area contributed by atoms with Gasteiger partial charge in [-0.3, -0.25) is 0 Å². The van der Waals surface area contributed by atoms with Crippen molar-refractivity contribution in [2.24, 2.45) is 0 Å². The van der Waals surface area contributed by atoms with E-state index >= 15 is 0 Å². The molecule has 2 N–H and O–H groups in total. The second-order valence-corrected chi connectivity index (χ2v) is 4.47. The molecule has 1 aromatic heterocycles. The summed E-state index contributed by atoms with van der Waals surface area (Å²) in [6.45, 7) is 3.73. The molecule has 0 amide bonds. The number of halogens is 1. The predicted molar refractivity (Wildman–Crippen MR) is 73.5 cm³/mol. The van der Waals surface area contributed by atoms with Crippen LogP contribution in [0.1, 0.15) is 19.8 Å². The molecule has 0 radical (unpaired) electrons. The van der Waals surface area contributed by atoms with Crippen molar-refractivity contribution < 1.29 is 5.11 Å². The lowest BCUT2D eigenvalue weighted by Gasteiger charge is -2.24. The van der Waals surface area contributed by atoms with Gasteiger partial charge in [0.05, 0.1) is 6.61 Å². The second-order valence-electron chi connectivity index (χ2n) is 3.67. The van der Waals surface area contributed by atoms with Crippen LogP contribution in [-0.2, 0) is 0 Å². The summed E-state index contributed by atoms with van der Waals surface area (Å²) in [4.78, 5) is 10.5. The van der Waals surface area contributed by atoms with E-state index < -0.39 is 0 Å². The summed E-state index contributed by atoms with van der Waals surface area (Å²) in [7, 11) is 1.82. The number of nitrogens with one attached hydrogen (secondary N) is 1. The Bertz CT molecular complexity index is 348. The van der Waals surface area contributed by atoms with Gasteiger partial charge in [0.1, 0.15) is 22.4 Å². The van der Waals surface area contributed by atoms with Crippen molar-refractivity contribution in [2.75, 3.05) is 37.0 Å². The van der Waals surface area contributed by atoms with E-state index in [0.29, 0.717) is 6.54 Å². The van der Waals surface area contributed by atoms with E-state index in [0.717, 1.165) is 35.5 Å². The van der Waals surface area contributed by atoms with E-state index in [1.165, 1.54) is 6.33 Å². The fourth-order valence-electron chi connectivity index (χ4n) is 1.55. The Morgan fingerprint density at radius 3 is 2.76 bits per heavy atom.